The zero-order chi connectivity index (χ0) is 17.1. The summed E-state index contributed by atoms with van der Waals surface area (Å²) < 4.78 is 2.04. The minimum Gasteiger partial charge on any atom is -0.339 e. The summed E-state index contributed by atoms with van der Waals surface area (Å²) in [5, 5.41) is 10.1. The maximum atomic E-state index is 12.4. The number of rotatable bonds is 7. The second-order valence-corrected chi connectivity index (χ2v) is 7.14. The topological polar surface area (TPSA) is 51.0 Å². The summed E-state index contributed by atoms with van der Waals surface area (Å²) in [4.78, 5) is 14.3. The minimum absolute atomic E-state index is 0.184. The Bertz CT molecular complexity index is 712. The molecule has 0 radical (unpaired) electrons. The number of hydrogen-bond donors (Lipinski definition) is 0. The number of thioether (sulfide) groups is 1. The van der Waals surface area contributed by atoms with Gasteiger partial charge in [0.2, 0.25) is 5.91 Å². The van der Waals surface area contributed by atoms with Gasteiger partial charge in [0.25, 0.3) is 0 Å². The van der Waals surface area contributed by atoms with Gasteiger partial charge in [0.05, 0.1) is 5.75 Å². The highest BCUT2D eigenvalue weighted by atomic mass is 35.5. The molecule has 2 aromatic rings. The predicted molar refractivity (Wildman–Crippen MR) is 97.3 cm³/mol. The molecule has 0 atom stereocenters. The van der Waals surface area contributed by atoms with Crippen molar-refractivity contribution in [2.24, 2.45) is 0 Å². The fourth-order valence-electron chi connectivity index (χ4n) is 2.73. The SMILES string of the molecule is CCN(C(=O)CSc1nnc(-c2ccc(Cl)cc2)n1CC)C1CC1. The van der Waals surface area contributed by atoms with Crippen LogP contribution in [-0.2, 0) is 11.3 Å². The zero-order valence-corrected chi connectivity index (χ0v) is 15.5. The van der Waals surface area contributed by atoms with Gasteiger partial charge < -0.3 is 9.47 Å². The molecule has 7 heteroatoms. The average molecular weight is 365 g/mol. The normalized spacial score (nSPS) is 14.0. The highest BCUT2D eigenvalue weighted by Crippen LogP contribution is 2.29. The number of hydrogen-bond acceptors (Lipinski definition) is 4. The Balaban J connectivity index is 1.72. The van der Waals surface area contributed by atoms with Gasteiger partial charge in [-0.25, -0.2) is 0 Å². The van der Waals surface area contributed by atoms with E-state index in [1.54, 1.807) is 0 Å². The molecule has 1 aliphatic carbocycles. The van der Waals surface area contributed by atoms with E-state index in [-0.39, 0.29) is 5.91 Å². The van der Waals surface area contributed by atoms with E-state index in [9.17, 15) is 4.79 Å². The lowest BCUT2D eigenvalue weighted by atomic mass is 10.2. The minimum atomic E-state index is 0.184. The van der Waals surface area contributed by atoms with Gasteiger partial charge in [-0.3, -0.25) is 4.79 Å². The lowest BCUT2D eigenvalue weighted by Crippen LogP contribution is -2.34. The van der Waals surface area contributed by atoms with Crippen LogP contribution in [-0.4, -0.2) is 43.9 Å². The molecule has 0 bridgehead atoms. The van der Waals surface area contributed by atoms with E-state index in [1.807, 2.05) is 40.7 Å². The van der Waals surface area contributed by atoms with E-state index < -0.39 is 0 Å². The van der Waals surface area contributed by atoms with E-state index in [1.165, 1.54) is 11.8 Å². The van der Waals surface area contributed by atoms with Crippen LogP contribution in [0.3, 0.4) is 0 Å². The maximum Gasteiger partial charge on any atom is 0.233 e. The fraction of sp³-hybridized carbons (Fsp3) is 0.471. The van der Waals surface area contributed by atoms with Crippen LogP contribution in [0.1, 0.15) is 26.7 Å². The van der Waals surface area contributed by atoms with Crippen LogP contribution in [0.25, 0.3) is 11.4 Å². The largest absolute Gasteiger partial charge is 0.339 e. The molecule has 1 fully saturated rings. The molecule has 0 N–H and O–H groups in total. The van der Waals surface area contributed by atoms with Gasteiger partial charge in [-0.2, -0.15) is 0 Å². The Morgan fingerprint density at radius 3 is 2.58 bits per heavy atom. The van der Waals surface area contributed by atoms with Crippen LogP contribution in [0, 0.1) is 0 Å². The third-order valence-corrected chi connectivity index (χ3v) is 5.31. The Labute approximate surface area is 151 Å². The van der Waals surface area contributed by atoms with Crippen molar-refractivity contribution in [3.8, 4) is 11.4 Å². The molecule has 1 heterocycles. The molecular formula is C17H21ClN4OS. The third-order valence-electron chi connectivity index (χ3n) is 4.11. The molecule has 128 valence electrons. The van der Waals surface area contributed by atoms with Crippen LogP contribution in [0.5, 0.6) is 0 Å². The summed E-state index contributed by atoms with van der Waals surface area (Å²) in [5.74, 6) is 1.39. The predicted octanol–water partition coefficient (Wildman–Crippen LogP) is 3.72. The number of carbonyl (C=O) groups is 1. The van der Waals surface area contributed by atoms with Crippen LogP contribution < -0.4 is 0 Å². The highest BCUT2D eigenvalue weighted by molar-refractivity contribution is 7.99. The fourth-order valence-corrected chi connectivity index (χ4v) is 3.74. The molecule has 5 nitrogen and oxygen atoms in total. The molecule has 1 aliphatic rings. The molecule has 0 saturated heterocycles. The highest BCUT2D eigenvalue weighted by Gasteiger charge is 2.31. The Hall–Kier alpha value is -1.53. The van der Waals surface area contributed by atoms with E-state index in [2.05, 4.69) is 17.1 Å². The summed E-state index contributed by atoms with van der Waals surface area (Å²) >= 11 is 7.41. The smallest absolute Gasteiger partial charge is 0.233 e. The van der Waals surface area contributed by atoms with Crippen LogP contribution in [0.15, 0.2) is 29.4 Å². The molecule has 0 unspecified atom stereocenters. The van der Waals surface area contributed by atoms with Crippen LogP contribution >= 0.6 is 23.4 Å². The quantitative estimate of drug-likeness (QED) is 0.702. The Kier molecular flexibility index (Phi) is 5.46. The van der Waals surface area contributed by atoms with Crippen molar-refractivity contribution >= 4 is 29.3 Å². The summed E-state index contributed by atoms with van der Waals surface area (Å²) in [6, 6.07) is 8.01. The van der Waals surface area contributed by atoms with Crippen LogP contribution in [0.2, 0.25) is 5.02 Å². The standard InChI is InChI=1S/C17H21ClN4OS/c1-3-21(14-9-10-14)15(23)11-24-17-20-19-16(22(17)4-2)12-5-7-13(18)8-6-12/h5-8,14H,3-4,9-11H2,1-2H3. The van der Waals surface area contributed by atoms with E-state index in [4.69, 9.17) is 11.6 Å². The maximum absolute atomic E-state index is 12.4. The number of aromatic nitrogens is 3. The summed E-state index contributed by atoms with van der Waals surface area (Å²) in [6.45, 7) is 5.62. The average Bonchev–Trinajstić information content (AvgIpc) is 3.33. The number of nitrogens with zero attached hydrogens (tertiary/aromatic N) is 4. The molecule has 3 rings (SSSR count). The van der Waals surface area contributed by atoms with E-state index in [0.29, 0.717) is 16.8 Å². The van der Waals surface area contributed by atoms with Crippen molar-refractivity contribution in [2.75, 3.05) is 12.3 Å². The van der Waals surface area contributed by atoms with Crippen molar-refractivity contribution < 1.29 is 4.79 Å². The van der Waals surface area contributed by atoms with Crippen molar-refractivity contribution in [1.82, 2.24) is 19.7 Å². The summed E-state index contributed by atoms with van der Waals surface area (Å²) in [6.07, 6.45) is 2.27. The zero-order valence-electron chi connectivity index (χ0n) is 13.9. The second-order valence-electron chi connectivity index (χ2n) is 5.76. The molecule has 1 aromatic carbocycles. The number of amides is 1. The first-order chi connectivity index (χ1) is 11.6. The van der Waals surface area contributed by atoms with Crippen molar-refractivity contribution in [3.63, 3.8) is 0 Å². The van der Waals surface area contributed by atoms with Gasteiger partial charge in [0.15, 0.2) is 11.0 Å². The molecule has 1 saturated carbocycles. The van der Waals surface area contributed by atoms with Gasteiger partial charge in [-0.15, -0.1) is 10.2 Å². The monoisotopic (exact) mass is 364 g/mol. The Morgan fingerprint density at radius 2 is 2.00 bits per heavy atom. The van der Waals surface area contributed by atoms with Gasteiger partial charge in [0, 0.05) is 29.7 Å². The van der Waals surface area contributed by atoms with E-state index in [0.717, 1.165) is 42.5 Å². The van der Waals surface area contributed by atoms with Gasteiger partial charge in [0.1, 0.15) is 0 Å². The van der Waals surface area contributed by atoms with Gasteiger partial charge in [-0.05, 0) is 51.0 Å². The first-order valence-electron chi connectivity index (χ1n) is 8.25. The van der Waals surface area contributed by atoms with Crippen molar-refractivity contribution in [3.05, 3.63) is 29.3 Å². The molecule has 24 heavy (non-hydrogen) atoms. The van der Waals surface area contributed by atoms with Gasteiger partial charge in [-0.1, -0.05) is 23.4 Å². The molecule has 1 amide bonds. The van der Waals surface area contributed by atoms with Gasteiger partial charge >= 0.3 is 0 Å². The molecular weight excluding hydrogens is 344 g/mol. The molecule has 1 aromatic heterocycles. The first kappa shape index (κ1) is 17.3. The van der Waals surface area contributed by atoms with Crippen molar-refractivity contribution in [1.29, 1.82) is 0 Å². The first-order valence-corrected chi connectivity index (χ1v) is 9.61. The third kappa shape index (κ3) is 3.75. The van der Waals surface area contributed by atoms with E-state index >= 15 is 0 Å². The number of carbonyl (C=O) groups excluding carboxylic acids is 1. The van der Waals surface area contributed by atoms with Crippen LogP contribution in [0.4, 0.5) is 0 Å². The number of benzene rings is 1. The second kappa shape index (κ2) is 7.57. The Morgan fingerprint density at radius 1 is 1.29 bits per heavy atom. The lowest BCUT2D eigenvalue weighted by Gasteiger charge is -2.19. The molecule has 0 aliphatic heterocycles. The number of halogens is 1. The van der Waals surface area contributed by atoms with Crippen molar-refractivity contribution in [2.45, 2.75) is 44.4 Å². The summed E-state index contributed by atoms with van der Waals surface area (Å²) in [5.41, 5.74) is 0.972. The lowest BCUT2D eigenvalue weighted by molar-refractivity contribution is -0.128. The molecule has 0 spiro atoms. The summed E-state index contributed by atoms with van der Waals surface area (Å²) in [7, 11) is 0.